The van der Waals surface area contributed by atoms with Gasteiger partial charge < -0.3 is 0 Å². The zero-order valence-corrected chi connectivity index (χ0v) is 13.0. The van der Waals surface area contributed by atoms with Crippen LogP contribution in [0.2, 0.25) is 0 Å². The van der Waals surface area contributed by atoms with Gasteiger partial charge in [0, 0.05) is 17.3 Å². The van der Waals surface area contributed by atoms with Crippen molar-refractivity contribution in [3.8, 4) is 0 Å². The van der Waals surface area contributed by atoms with Gasteiger partial charge in [-0.25, -0.2) is 15.0 Å². The number of hydrogen-bond donors (Lipinski definition) is 0. The first-order valence-corrected chi connectivity index (χ1v) is 6.90. The second-order valence-electron chi connectivity index (χ2n) is 7.00. The minimum Gasteiger partial charge on any atom is -0.217 e. The Morgan fingerprint density at radius 1 is 0.778 bits per heavy atom. The van der Waals surface area contributed by atoms with Gasteiger partial charge in [0.25, 0.3) is 0 Å². The van der Waals surface area contributed by atoms with E-state index in [1.807, 2.05) is 0 Å². The van der Waals surface area contributed by atoms with Gasteiger partial charge in [0.2, 0.25) is 0 Å². The summed E-state index contributed by atoms with van der Waals surface area (Å²) in [5, 5.41) is 0. The Bertz CT molecular complexity index is 365. The van der Waals surface area contributed by atoms with E-state index < -0.39 is 0 Å². The van der Waals surface area contributed by atoms with Crippen molar-refractivity contribution < 1.29 is 0 Å². The molecule has 0 bridgehead atoms. The highest BCUT2D eigenvalue weighted by molar-refractivity contribution is 5.11. The van der Waals surface area contributed by atoms with Crippen molar-refractivity contribution in [1.82, 2.24) is 15.0 Å². The lowest BCUT2D eigenvalue weighted by atomic mass is 9.93. The summed E-state index contributed by atoms with van der Waals surface area (Å²) < 4.78 is 0. The normalized spacial score (nSPS) is 12.8. The van der Waals surface area contributed by atoms with Crippen LogP contribution >= 0.6 is 0 Å². The van der Waals surface area contributed by atoms with E-state index in [0.29, 0.717) is 0 Å². The van der Waals surface area contributed by atoms with Crippen molar-refractivity contribution in [3.05, 3.63) is 17.5 Å². The molecule has 3 nitrogen and oxygen atoms in total. The first-order valence-electron chi connectivity index (χ1n) is 6.90. The molecule has 0 saturated heterocycles. The highest BCUT2D eigenvalue weighted by Gasteiger charge is 2.24. The molecule has 0 aliphatic heterocycles. The summed E-state index contributed by atoms with van der Waals surface area (Å²) in [6.45, 7) is 15.1. The van der Waals surface area contributed by atoms with Crippen LogP contribution < -0.4 is 0 Å². The lowest BCUT2D eigenvalue weighted by molar-refractivity contribution is 0.486. The van der Waals surface area contributed by atoms with E-state index >= 15 is 0 Å². The second kappa shape index (κ2) is 5.33. The van der Waals surface area contributed by atoms with Gasteiger partial charge >= 0.3 is 0 Å². The van der Waals surface area contributed by atoms with Gasteiger partial charge in [-0.1, -0.05) is 54.9 Å². The van der Waals surface area contributed by atoms with Gasteiger partial charge in [-0.05, 0) is 6.42 Å². The molecule has 102 valence electrons. The van der Waals surface area contributed by atoms with Gasteiger partial charge in [0.05, 0.1) is 0 Å². The van der Waals surface area contributed by atoms with Crippen molar-refractivity contribution in [3.63, 3.8) is 0 Å². The summed E-state index contributed by atoms with van der Waals surface area (Å²) in [7, 11) is 0. The van der Waals surface area contributed by atoms with Crippen LogP contribution in [0.4, 0.5) is 0 Å². The summed E-state index contributed by atoms with van der Waals surface area (Å²) in [5.74, 6) is 2.77. The van der Waals surface area contributed by atoms with Crippen molar-refractivity contribution in [1.29, 1.82) is 0 Å². The van der Waals surface area contributed by atoms with E-state index in [1.165, 1.54) is 6.42 Å². The minimum atomic E-state index is -0.0239. The Labute approximate surface area is 111 Å². The van der Waals surface area contributed by atoms with Gasteiger partial charge in [-0.2, -0.15) is 0 Å². The van der Waals surface area contributed by atoms with E-state index in [0.717, 1.165) is 30.3 Å². The molecule has 0 atom stereocenters. The van der Waals surface area contributed by atoms with Gasteiger partial charge in [-0.3, -0.25) is 0 Å². The quantitative estimate of drug-likeness (QED) is 0.817. The molecule has 0 spiro atoms. The zero-order valence-electron chi connectivity index (χ0n) is 13.0. The predicted octanol–water partition coefficient (Wildman–Crippen LogP) is 3.81. The first kappa shape index (κ1) is 15.1. The average molecular weight is 249 g/mol. The first-order chi connectivity index (χ1) is 8.14. The lowest BCUT2D eigenvalue weighted by Gasteiger charge is -2.22. The third kappa shape index (κ3) is 4.04. The third-order valence-corrected chi connectivity index (χ3v) is 2.78. The van der Waals surface area contributed by atoms with Crippen molar-refractivity contribution in [2.24, 2.45) is 0 Å². The maximum absolute atomic E-state index is 4.66. The molecular weight excluding hydrogens is 222 g/mol. The average Bonchev–Trinajstić information content (AvgIpc) is 2.23. The molecule has 0 fully saturated rings. The van der Waals surface area contributed by atoms with Gasteiger partial charge in [0.1, 0.15) is 17.5 Å². The number of hydrogen-bond acceptors (Lipinski definition) is 3. The fourth-order valence-electron chi connectivity index (χ4n) is 1.54. The molecule has 0 aromatic carbocycles. The van der Waals surface area contributed by atoms with Crippen molar-refractivity contribution >= 4 is 0 Å². The SMILES string of the molecule is CCCCc1nc(C(C)(C)C)nc(C(C)(C)C)n1. The molecule has 0 saturated carbocycles. The van der Waals surface area contributed by atoms with Gasteiger partial charge in [-0.15, -0.1) is 0 Å². The van der Waals surface area contributed by atoms with Crippen LogP contribution in [0, 0.1) is 0 Å². The Morgan fingerprint density at radius 2 is 1.22 bits per heavy atom. The molecule has 1 aromatic heterocycles. The summed E-state index contributed by atoms with van der Waals surface area (Å²) in [6.07, 6.45) is 3.25. The number of unbranched alkanes of at least 4 members (excludes halogenated alkanes) is 1. The Balaban J connectivity index is 3.21. The van der Waals surface area contributed by atoms with Crippen LogP contribution in [0.3, 0.4) is 0 Å². The number of aromatic nitrogens is 3. The Hall–Kier alpha value is -0.990. The molecule has 0 radical (unpaired) electrons. The standard InChI is InChI=1S/C15H27N3/c1-8-9-10-11-16-12(14(2,3)4)18-13(17-11)15(5,6)7/h8-10H2,1-7H3. The van der Waals surface area contributed by atoms with Crippen molar-refractivity contribution in [2.45, 2.75) is 78.6 Å². The molecule has 0 unspecified atom stereocenters. The molecule has 1 aromatic rings. The van der Waals surface area contributed by atoms with E-state index in [-0.39, 0.29) is 10.8 Å². The van der Waals surface area contributed by atoms with Crippen LogP contribution in [0.25, 0.3) is 0 Å². The molecule has 0 aliphatic rings. The topological polar surface area (TPSA) is 38.7 Å². The zero-order chi connectivity index (χ0) is 14.0. The molecule has 0 amide bonds. The smallest absolute Gasteiger partial charge is 0.137 e. The minimum absolute atomic E-state index is 0.0239. The molecular formula is C15H27N3. The number of rotatable bonds is 3. The summed E-state index contributed by atoms with van der Waals surface area (Å²) in [4.78, 5) is 13.9. The maximum Gasteiger partial charge on any atom is 0.137 e. The van der Waals surface area contributed by atoms with Crippen molar-refractivity contribution in [2.75, 3.05) is 0 Å². The Kier molecular flexibility index (Phi) is 4.46. The molecule has 0 aliphatic carbocycles. The van der Waals surface area contributed by atoms with E-state index in [4.69, 9.17) is 0 Å². The van der Waals surface area contributed by atoms with E-state index in [2.05, 4.69) is 63.4 Å². The summed E-state index contributed by atoms with van der Waals surface area (Å²) in [5.41, 5.74) is -0.0478. The van der Waals surface area contributed by atoms with Crippen LogP contribution in [-0.4, -0.2) is 15.0 Å². The van der Waals surface area contributed by atoms with Gasteiger partial charge in [0.15, 0.2) is 0 Å². The van der Waals surface area contributed by atoms with Crippen LogP contribution in [-0.2, 0) is 17.3 Å². The molecule has 1 rings (SSSR count). The number of aryl methyl sites for hydroxylation is 1. The van der Waals surface area contributed by atoms with Crippen LogP contribution in [0.15, 0.2) is 0 Å². The van der Waals surface area contributed by atoms with E-state index in [9.17, 15) is 0 Å². The predicted molar refractivity (Wildman–Crippen MR) is 75.8 cm³/mol. The Morgan fingerprint density at radius 3 is 1.56 bits per heavy atom. The summed E-state index contributed by atoms with van der Waals surface area (Å²) >= 11 is 0. The van der Waals surface area contributed by atoms with Crippen LogP contribution in [0.1, 0.15) is 78.8 Å². The lowest BCUT2D eigenvalue weighted by Crippen LogP contribution is -2.24. The number of nitrogens with zero attached hydrogens (tertiary/aromatic N) is 3. The van der Waals surface area contributed by atoms with Crippen LogP contribution in [0.5, 0.6) is 0 Å². The molecule has 3 heteroatoms. The highest BCUT2D eigenvalue weighted by atomic mass is 15.0. The maximum atomic E-state index is 4.66. The fourth-order valence-corrected chi connectivity index (χ4v) is 1.54. The summed E-state index contributed by atoms with van der Waals surface area (Å²) in [6, 6.07) is 0. The van der Waals surface area contributed by atoms with E-state index in [1.54, 1.807) is 0 Å². The monoisotopic (exact) mass is 249 g/mol. The second-order valence-corrected chi connectivity index (χ2v) is 7.00. The largest absolute Gasteiger partial charge is 0.217 e. The highest BCUT2D eigenvalue weighted by Crippen LogP contribution is 2.23. The molecule has 0 N–H and O–H groups in total. The molecule has 1 heterocycles. The third-order valence-electron chi connectivity index (χ3n) is 2.78. The molecule has 18 heavy (non-hydrogen) atoms. The fraction of sp³-hybridized carbons (Fsp3) is 0.800.